The van der Waals surface area contributed by atoms with Crippen molar-refractivity contribution in [2.45, 2.75) is 20.3 Å². The van der Waals surface area contributed by atoms with Crippen molar-refractivity contribution in [2.75, 3.05) is 18.5 Å². The summed E-state index contributed by atoms with van der Waals surface area (Å²) in [4.78, 5) is 26.2. The summed E-state index contributed by atoms with van der Waals surface area (Å²) in [7, 11) is 1.53. The number of carbonyl (C=O) groups excluding carboxylic acids is 2. The smallest absolute Gasteiger partial charge is 0.293 e. The number of imide groups is 1. The van der Waals surface area contributed by atoms with E-state index in [9.17, 15) is 9.59 Å². The molecule has 0 aromatic heterocycles. The number of hydrogen-bond donors (Lipinski definition) is 0. The first kappa shape index (κ1) is 11.6. The zero-order valence-corrected chi connectivity index (χ0v) is 10.4. The molecule has 0 saturated carbocycles. The van der Waals surface area contributed by atoms with Crippen LogP contribution in [0.25, 0.3) is 0 Å². The van der Waals surface area contributed by atoms with Gasteiger partial charge in [0.1, 0.15) is 0 Å². The molecule has 3 amide bonds. The zero-order valence-electron chi connectivity index (χ0n) is 10.4. The van der Waals surface area contributed by atoms with Gasteiger partial charge in [0.25, 0.3) is 0 Å². The molecule has 1 aromatic carbocycles. The lowest BCUT2D eigenvalue weighted by Gasteiger charge is -2.32. The quantitative estimate of drug-likeness (QED) is 0.744. The van der Waals surface area contributed by atoms with E-state index in [1.165, 1.54) is 17.5 Å². The molecule has 1 heterocycles. The minimum atomic E-state index is -0.242. The molecule has 0 unspecified atom stereocenters. The van der Waals surface area contributed by atoms with E-state index in [4.69, 9.17) is 0 Å². The van der Waals surface area contributed by atoms with Crippen molar-refractivity contribution in [1.82, 2.24) is 4.90 Å². The van der Waals surface area contributed by atoms with Gasteiger partial charge in [0.2, 0.25) is 5.91 Å². The van der Waals surface area contributed by atoms with Crippen molar-refractivity contribution in [3.05, 3.63) is 29.3 Å². The number of rotatable bonds is 1. The molecule has 1 aromatic rings. The lowest BCUT2D eigenvalue weighted by molar-refractivity contribution is -0.127. The van der Waals surface area contributed by atoms with Gasteiger partial charge in [0.15, 0.2) is 0 Å². The van der Waals surface area contributed by atoms with Gasteiger partial charge in [-0.1, -0.05) is 17.7 Å². The molecule has 0 atom stereocenters. The maximum atomic E-state index is 12.0. The number of amides is 3. The Morgan fingerprint density at radius 3 is 2.53 bits per heavy atom. The molecule has 4 heteroatoms. The molecule has 0 bridgehead atoms. The summed E-state index contributed by atoms with van der Waals surface area (Å²) in [6, 6.07) is 5.71. The molecule has 0 radical (unpaired) electrons. The molecular formula is C13H16N2O2. The molecule has 0 aliphatic carbocycles. The van der Waals surface area contributed by atoms with Crippen LogP contribution in [0.5, 0.6) is 0 Å². The molecule has 1 aliphatic rings. The molecule has 1 fully saturated rings. The first-order chi connectivity index (χ1) is 8.00. The predicted molar refractivity (Wildman–Crippen MR) is 66.0 cm³/mol. The average molecular weight is 232 g/mol. The van der Waals surface area contributed by atoms with Crippen LogP contribution in [0.2, 0.25) is 0 Å². The average Bonchev–Trinajstić information content (AvgIpc) is 2.28. The van der Waals surface area contributed by atoms with Crippen LogP contribution in [0.3, 0.4) is 0 Å². The fraction of sp³-hybridized carbons (Fsp3) is 0.385. The van der Waals surface area contributed by atoms with E-state index >= 15 is 0 Å². The largest absolute Gasteiger partial charge is 0.330 e. The number of nitrogens with zero attached hydrogens (tertiary/aromatic N) is 2. The summed E-state index contributed by atoms with van der Waals surface area (Å²) in [5.41, 5.74) is 3.11. The van der Waals surface area contributed by atoms with E-state index < -0.39 is 0 Å². The number of carbonyl (C=O) groups is 2. The summed E-state index contributed by atoms with van der Waals surface area (Å²) < 4.78 is 0. The maximum Gasteiger partial charge on any atom is 0.330 e. The monoisotopic (exact) mass is 232 g/mol. The lowest BCUT2D eigenvalue weighted by Crippen LogP contribution is -2.50. The summed E-state index contributed by atoms with van der Waals surface area (Å²) in [5.74, 6) is -0.115. The Bertz CT molecular complexity index is 482. The van der Waals surface area contributed by atoms with E-state index in [0.717, 1.165) is 11.3 Å². The van der Waals surface area contributed by atoms with Crippen molar-refractivity contribution in [3.8, 4) is 0 Å². The van der Waals surface area contributed by atoms with Crippen LogP contribution in [0.1, 0.15) is 17.5 Å². The van der Waals surface area contributed by atoms with Crippen molar-refractivity contribution in [2.24, 2.45) is 0 Å². The van der Waals surface area contributed by atoms with Gasteiger partial charge in [-0.2, -0.15) is 0 Å². The van der Waals surface area contributed by atoms with Crippen LogP contribution in [0.15, 0.2) is 18.2 Å². The van der Waals surface area contributed by atoms with Gasteiger partial charge < -0.3 is 0 Å². The molecular weight excluding hydrogens is 216 g/mol. The van der Waals surface area contributed by atoms with Crippen molar-refractivity contribution >= 4 is 17.6 Å². The van der Waals surface area contributed by atoms with Crippen LogP contribution in [0, 0.1) is 13.8 Å². The van der Waals surface area contributed by atoms with E-state index in [-0.39, 0.29) is 11.9 Å². The standard InChI is InChI=1S/C13H16N2O2/c1-9-4-5-11(10(2)8-9)15-7-6-12(16)14(3)13(15)17/h4-5,8H,6-7H2,1-3H3. The van der Waals surface area contributed by atoms with Gasteiger partial charge >= 0.3 is 6.03 Å². The molecule has 0 spiro atoms. The molecule has 1 saturated heterocycles. The van der Waals surface area contributed by atoms with E-state index in [0.29, 0.717) is 13.0 Å². The summed E-state index contributed by atoms with van der Waals surface area (Å²) in [5, 5.41) is 0. The van der Waals surface area contributed by atoms with Crippen molar-refractivity contribution in [3.63, 3.8) is 0 Å². The zero-order chi connectivity index (χ0) is 12.6. The SMILES string of the molecule is Cc1ccc(N2CCC(=O)N(C)C2=O)c(C)c1. The van der Waals surface area contributed by atoms with E-state index in [2.05, 4.69) is 0 Å². The Morgan fingerprint density at radius 1 is 1.18 bits per heavy atom. The molecule has 4 nitrogen and oxygen atoms in total. The normalized spacial score (nSPS) is 16.6. The summed E-state index contributed by atoms with van der Waals surface area (Å²) in [6.45, 7) is 4.46. The van der Waals surface area contributed by atoms with Gasteiger partial charge in [-0.3, -0.25) is 14.6 Å². The Hall–Kier alpha value is -1.84. The van der Waals surface area contributed by atoms with Gasteiger partial charge in [-0.05, 0) is 25.5 Å². The highest BCUT2D eigenvalue weighted by Crippen LogP contribution is 2.24. The third kappa shape index (κ3) is 2.02. The van der Waals surface area contributed by atoms with Crippen LogP contribution in [-0.2, 0) is 4.79 Å². The number of benzene rings is 1. The maximum absolute atomic E-state index is 12.0. The second kappa shape index (κ2) is 4.20. The second-order valence-electron chi connectivity index (χ2n) is 4.43. The third-order valence-corrected chi connectivity index (χ3v) is 3.08. The van der Waals surface area contributed by atoms with Crippen LogP contribution >= 0.6 is 0 Å². The number of aryl methyl sites for hydroxylation is 2. The number of urea groups is 1. The fourth-order valence-electron chi connectivity index (χ4n) is 2.09. The molecule has 17 heavy (non-hydrogen) atoms. The molecule has 0 N–H and O–H groups in total. The second-order valence-corrected chi connectivity index (χ2v) is 4.43. The number of anilines is 1. The van der Waals surface area contributed by atoms with Gasteiger partial charge in [-0.25, -0.2) is 4.79 Å². The molecule has 2 rings (SSSR count). The first-order valence-electron chi connectivity index (χ1n) is 5.66. The van der Waals surface area contributed by atoms with E-state index in [1.54, 1.807) is 4.90 Å². The Balaban J connectivity index is 2.34. The highest BCUT2D eigenvalue weighted by molar-refractivity contribution is 6.05. The summed E-state index contributed by atoms with van der Waals surface area (Å²) in [6.07, 6.45) is 0.384. The summed E-state index contributed by atoms with van der Waals surface area (Å²) >= 11 is 0. The Morgan fingerprint density at radius 2 is 1.88 bits per heavy atom. The topological polar surface area (TPSA) is 40.6 Å². The molecule has 1 aliphatic heterocycles. The van der Waals surface area contributed by atoms with Crippen molar-refractivity contribution in [1.29, 1.82) is 0 Å². The van der Waals surface area contributed by atoms with Gasteiger partial charge in [0, 0.05) is 25.7 Å². The highest BCUT2D eigenvalue weighted by Gasteiger charge is 2.30. The Kier molecular flexibility index (Phi) is 2.88. The van der Waals surface area contributed by atoms with Crippen LogP contribution < -0.4 is 4.90 Å². The predicted octanol–water partition coefficient (Wildman–Crippen LogP) is 2.09. The highest BCUT2D eigenvalue weighted by atomic mass is 16.2. The van der Waals surface area contributed by atoms with Gasteiger partial charge in [0.05, 0.1) is 0 Å². The minimum absolute atomic E-state index is 0.115. The molecule has 90 valence electrons. The van der Waals surface area contributed by atoms with Crippen molar-refractivity contribution < 1.29 is 9.59 Å². The first-order valence-corrected chi connectivity index (χ1v) is 5.66. The Labute approximate surface area is 101 Å². The fourth-order valence-corrected chi connectivity index (χ4v) is 2.09. The van der Waals surface area contributed by atoms with Crippen LogP contribution in [0.4, 0.5) is 10.5 Å². The number of hydrogen-bond acceptors (Lipinski definition) is 2. The third-order valence-electron chi connectivity index (χ3n) is 3.08. The lowest BCUT2D eigenvalue weighted by atomic mass is 10.1. The van der Waals surface area contributed by atoms with Crippen LogP contribution in [-0.4, -0.2) is 30.4 Å². The van der Waals surface area contributed by atoms with Gasteiger partial charge in [-0.15, -0.1) is 0 Å². The van der Waals surface area contributed by atoms with E-state index in [1.807, 2.05) is 32.0 Å². The minimum Gasteiger partial charge on any atom is -0.293 e.